The summed E-state index contributed by atoms with van der Waals surface area (Å²) in [7, 11) is 3.14. The fourth-order valence-electron chi connectivity index (χ4n) is 1.45. The van der Waals surface area contributed by atoms with Crippen molar-refractivity contribution in [1.29, 1.82) is 0 Å². The van der Waals surface area contributed by atoms with Gasteiger partial charge in [-0.15, -0.1) is 0 Å². The molecule has 0 aliphatic rings. The van der Waals surface area contributed by atoms with Crippen LogP contribution >= 0.6 is 0 Å². The van der Waals surface area contributed by atoms with E-state index in [9.17, 15) is 4.79 Å². The lowest BCUT2D eigenvalue weighted by molar-refractivity contribution is -0.140. The van der Waals surface area contributed by atoms with Gasteiger partial charge in [0.1, 0.15) is 0 Å². The number of esters is 1. The molecule has 0 heterocycles. The van der Waals surface area contributed by atoms with Crippen molar-refractivity contribution < 1.29 is 14.3 Å². The van der Waals surface area contributed by atoms with E-state index < -0.39 is 0 Å². The van der Waals surface area contributed by atoms with Gasteiger partial charge in [0.05, 0.1) is 13.7 Å². The molecule has 0 aromatic heterocycles. The Labute approximate surface area is 98.8 Å². The quantitative estimate of drug-likeness (QED) is 0.327. The van der Waals surface area contributed by atoms with E-state index in [0.717, 1.165) is 19.3 Å². The number of ether oxygens (including phenoxy) is 2. The maximum Gasteiger partial charge on any atom is 0.305 e. The Morgan fingerprint density at radius 3 is 2.38 bits per heavy atom. The molecule has 0 fully saturated rings. The summed E-state index contributed by atoms with van der Waals surface area (Å²) in [6.07, 6.45) is 11.6. The van der Waals surface area contributed by atoms with Gasteiger partial charge in [-0.2, -0.15) is 0 Å². The van der Waals surface area contributed by atoms with E-state index >= 15 is 0 Å². The first-order chi connectivity index (χ1) is 7.81. The van der Waals surface area contributed by atoms with Gasteiger partial charge in [-0.05, 0) is 19.3 Å². The van der Waals surface area contributed by atoms with Gasteiger partial charge in [-0.3, -0.25) is 4.79 Å². The van der Waals surface area contributed by atoms with Crippen molar-refractivity contribution in [2.45, 2.75) is 44.9 Å². The van der Waals surface area contributed by atoms with Gasteiger partial charge in [-0.25, -0.2) is 0 Å². The van der Waals surface area contributed by atoms with Crippen molar-refractivity contribution in [1.82, 2.24) is 0 Å². The number of carbonyl (C=O) groups is 1. The SMILES string of the molecule is COC/C=C/CCCCCCCC(=O)OC. The maximum atomic E-state index is 10.8. The number of hydrogen-bond acceptors (Lipinski definition) is 3. The highest BCUT2D eigenvalue weighted by molar-refractivity contribution is 5.68. The molecule has 0 bridgehead atoms. The van der Waals surface area contributed by atoms with E-state index in [1.54, 1.807) is 7.11 Å². The normalized spacial score (nSPS) is 10.9. The van der Waals surface area contributed by atoms with Crippen LogP contribution in [0.15, 0.2) is 12.2 Å². The monoisotopic (exact) mass is 228 g/mol. The second-order valence-corrected chi connectivity index (χ2v) is 3.81. The van der Waals surface area contributed by atoms with Gasteiger partial charge >= 0.3 is 5.97 Å². The zero-order valence-corrected chi connectivity index (χ0v) is 10.5. The van der Waals surface area contributed by atoms with Crippen LogP contribution in [-0.4, -0.2) is 26.8 Å². The fraction of sp³-hybridized carbons (Fsp3) is 0.769. The van der Waals surface area contributed by atoms with Crippen molar-refractivity contribution in [3.05, 3.63) is 12.2 Å². The molecule has 3 heteroatoms. The molecule has 0 aliphatic carbocycles. The maximum absolute atomic E-state index is 10.8. The molecule has 0 aromatic rings. The summed E-state index contributed by atoms with van der Waals surface area (Å²) in [6.45, 7) is 0.707. The smallest absolute Gasteiger partial charge is 0.305 e. The Bertz CT molecular complexity index is 188. The predicted molar refractivity (Wildman–Crippen MR) is 65.4 cm³/mol. The van der Waals surface area contributed by atoms with Crippen LogP contribution < -0.4 is 0 Å². The molecule has 0 aromatic carbocycles. The van der Waals surface area contributed by atoms with Crippen molar-refractivity contribution in [3.63, 3.8) is 0 Å². The number of carbonyl (C=O) groups excluding carboxylic acids is 1. The summed E-state index contributed by atoms with van der Waals surface area (Å²) in [5.74, 6) is -0.0949. The number of allylic oxidation sites excluding steroid dienone is 1. The van der Waals surface area contributed by atoms with Gasteiger partial charge in [0.25, 0.3) is 0 Å². The molecule has 0 amide bonds. The Kier molecular flexibility index (Phi) is 11.6. The lowest BCUT2D eigenvalue weighted by Crippen LogP contribution is -1.99. The topological polar surface area (TPSA) is 35.5 Å². The van der Waals surface area contributed by atoms with E-state index in [1.807, 2.05) is 0 Å². The van der Waals surface area contributed by atoms with Crippen molar-refractivity contribution in [2.75, 3.05) is 20.8 Å². The zero-order chi connectivity index (χ0) is 12.1. The fourth-order valence-corrected chi connectivity index (χ4v) is 1.45. The van der Waals surface area contributed by atoms with Crippen LogP contribution in [0.1, 0.15) is 44.9 Å². The average molecular weight is 228 g/mol. The minimum absolute atomic E-state index is 0.0949. The van der Waals surface area contributed by atoms with Crippen LogP contribution in [0, 0.1) is 0 Å². The van der Waals surface area contributed by atoms with Crippen LogP contribution in [0.3, 0.4) is 0 Å². The van der Waals surface area contributed by atoms with Gasteiger partial charge in [0.2, 0.25) is 0 Å². The largest absolute Gasteiger partial charge is 0.469 e. The molecule has 0 atom stereocenters. The van der Waals surface area contributed by atoms with Gasteiger partial charge in [0.15, 0.2) is 0 Å². The van der Waals surface area contributed by atoms with E-state index in [1.165, 1.54) is 26.4 Å². The lowest BCUT2D eigenvalue weighted by atomic mass is 10.1. The summed E-state index contributed by atoms with van der Waals surface area (Å²) in [5.41, 5.74) is 0. The highest BCUT2D eigenvalue weighted by atomic mass is 16.5. The standard InChI is InChI=1S/C13H24O3/c1-15-12-10-8-6-4-3-5-7-9-11-13(14)16-2/h8,10H,3-7,9,11-12H2,1-2H3/b10-8+. The third kappa shape index (κ3) is 11.2. The summed E-state index contributed by atoms with van der Waals surface area (Å²) >= 11 is 0. The lowest BCUT2D eigenvalue weighted by Gasteiger charge is -2.00. The Hall–Kier alpha value is -0.830. The number of hydrogen-bond donors (Lipinski definition) is 0. The summed E-state index contributed by atoms with van der Waals surface area (Å²) in [4.78, 5) is 10.8. The molecule has 3 nitrogen and oxygen atoms in total. The Balaban J connectivity index is 3.07. The van der Waals surface area contributed by atoms with E-state index in [4.69, 9.17) is 4.74 Å². The first-order valence-electron chi connectivity index (χ1n) is 6.02. The molecule has 0 radical (unpaired) electrons. The second-order valence-electron chi connectivity index (χ2n) is 3.81. The van der Waals surface area contributed by atoms with E-state index in [0.29, 0.717) is 13.0 Å². The third-order valence-electron chi connectivity index (χ3n) is 2.41. The van der Waals surface area contributed by atoms with Crippen LogP contribution in [0.5, 0.6) is 0 Å². The number of rotatable bonds is 10. The summed E-state index contributed by atoms with van der Waals surface area (Å²) in [6, 6.07) is 0. The third-order valence-corrected chi connectivity index (χ3v) is 2.41. The van der Waals surface area contributed by atoms with E-state index in [2.05, 4.69) is 16.9 Å². The van der Waals surface area contributed by atoms with Crippen molar-refractivity contribution >= 4 is 5.97 Å². The minimum atomic E-state index is -0.0949. The van der Waals surface area contributed by atoms with Crippen LogP contribution in [0.25, 0.3) is 0 Å². The zero-order valence-electron chi connectivity index (χ0n) is 10.5. The molecular weight excluding hydrogens is 204 g/mol. The van der Waals surface area contributed by atoms with Crippen LogP contribution in [0.2, 0.25) is 0 Å². The van der Waals surface area contributed by atoms with Gasteiger partial charge in [0, 0.05) is 13.5 Å². The highest BCUT2D eigenvalue weighted by Crippen LogP contribution is 2.07. The Morgan fingerprint density at radius 2 is 1.69 bits per heavy atom. The van der Waals surface area contributed by atoms with Crippen LogP contribution in [-0.2, 0) is 14.3 Å². The van der Waals surface area contributed by atoms with Crippen molar-refractivity contribution in [3.8, 4) is 0 Å². The van der Waals surface area contributed by atoms with Crippen LogP contribution in [0.4, 0.5) is 0 Å². The second kappa shape index (κ2) is 12.2. The molecule has 0 saturated carbocycles. The first-order valence-corrected chi connectivity index (χ1v) is 6.02. The molecule has 0 aliphatic heterocycles. The number of unbranched alkanes of at least 4 members (excludes halogenated alkanes) is 5. The van der Waals surface area contributed by atoms with Crippen molar-refractivity contribution in [2.24, 2.45) is 0 Å². The first kappa shape index (κ1) is 15.2. The minimum Gasteiger partial charge on any atom is -0.469 e. The average Bonchev–Trinajstić information content (AvgIpc) is 2.31. The molecule has 0 spiro atoms. The van der Waals surface area contributed by atoms with Gasteiger partial charge in [-0.1, -0.05) is 31.4 Å². The van der Waals surface area contributed by atoms with E-state index in [-0.39, 0.29) is 5.97 Å². The molecule has 0 unspecified atom stereocenters. The van der Waals surface area contributed by atoms with Gasteiger partial charge < -0.3 is 9.47 Å². The molecule has 94 valence electrons. The molecule has 0 rings (SSSR count). The molecular formula is C13H24O3. The highest BCUT2D eigenvalue weighted by Gasteiger charge is 1.98. The predicted octanol–water partition coefficient (Wildman–Crippen LogP) is 3.09. The summed E-state index contributed by atoms with van der Waals surface area (Å²) in [5, 5.41) is 0. The number of methoxy groups -OCH3 is 2. The Morgan fingerprint density at radius 1 is 1.00 bits per heavy atom. The summed E-state index contributed by atoms with van der Waals surface area (Å²) < 4.78 is 9.48. The molecule has 0 N–H and O–H groups in total. The molecule has 0 saturated heterocycles. The molecule has 16 heavy (non-hydrogen) atoms.